The van der Waals surface area contributed by atoms with E-state index in [4.69, 9.17) is 23.8 Å². The molecule has 5 aromatic heterocycles. The van der Waals surface area contributed by atoms with Crippen LogP contribution in [0.15, 0.2) is 209 Å². The van der Waals surface area contributed by atoms with Crippen molar-refractivity contribution < 1.29 is 8.83 Å². The van der Waals surface area contributed by atoms with Crippen LogP contribution < -0.4 is 0 Å². The van der Waals surface area contributed by atoms with E-state index in [-0.39, 0.29) is 0 Å². The van der Waals surface area contributed by atoms with E-state index in [1.165, 1.54) is 0 Å². The molecule has 298 valence electrons. The first-order valence-corrected chi connectivity index (χ1v) is 21.4. The molecule has 7 heteroatoms. The maximum atomic E-state index is 6.72. The van der Waals surface area contributed by atoms with Crippen LogP contribution in [0.1, 0.15) is 0 Å². The normalized spacial score (nSPS) is 12.1. The van der Waals surface area contributed by atoms with Gasteiger partial charge in [0.15, 0.2) is 11.6 Å². The molecule has 0 saturated heterocycles. The summed E-state index contributed by atoms with van der Waals surface area (Å²) in [6.07, 6.45) is 0. The third kappa shape index (κ3) is 5.00. The highest BCUT2D eigenvalue weighted by atomic mass is 16.3. The number of fused-ring (bicyclic) bond motifs is 13. The molecule has 0 spiro atoms. The summed E-state index contributed by atoms with van der Waals surface area (Å²) in [5.74, 6) is 1.65. The number of rotatable bonds is 5. The Morgan fingerprint density at radius 3 is 1.64 bits per heavy atom. The average Bonchev–Trinajstić information content (AvgIpc) is 4.12. The minimum atomic E-state index is 0.518. The lowest BCUT2D eigenvalue weighted by Gasteiger charge is -2.14. The highest BCUT2D eigenvalue weighted by Crippen LogP contribution is 2.45. The topological polar surface area (TPSA) is 74.8 Å². The Morgan fingerprint density at radius 1 is 0.328 bits per heavy atom. The molecule has 0 N–H and O–H groups in total. The maximum absolute atomic E-state index is 6.72. The first-order chi connectivity index (χ1) is 31.7. The first-order valence-electron chi connectivity index (χ1n) is 21.4. The highest BCUT2D eigenvalue weighted by Gasteiger charge is 2.26. The second-order valence-corrected chi connectivity index (χ2v) is 16.3. The van der Waals surface area contributed by atoms with Crippen LogP contribution in [-0.2, 0) is 0 Å². The van der Waals surface area contributed by atoms with Crippen molar-refractivity contribution in [3.63, 3.8) is 0 Å². The van der Waals surface area contributed by atoms with Crippen molar-refractivity contribution in [3.05, 3.63) is 200 Å². The number of nitrogens with zero attached hydrogens (tertiary/aromatic N) is 5. The van der Waals surface area contributed by atoms with Gasteiger partial charge in [0.1, 0.15) is 22.3 Å². The molecule has 14 aromatic rings. The van der Waals surface area contributed by atoms with Crippen LogP contribution in [0.25, 0.3) is 133 Å². The smallest absolute Gasteiger partial charge is 0.238 e. The number of hydrogen-bond donors (Lipinski definition) is 0. The van der Waals surface area contributed by atoms with Crippen LogP contribution in [-0.4, -0.2) is 24.1 Å². The van der Waals surface area contributed by atoms with E-state index in [1.54, 1.807) is 0 Å². The van der Waals surface area contributed by atoms with Crippen LogP contribution in [0.2, 0.25) is 0 Å². The zero-order valence-corrected chi connectivity index (χ0v) is 34.1. The molecule has 0 atom stereocenters. The molecule has 0 aliphatic carbocycles. The minimum absolute atomic E-state index is 0.518. The predicted octanol–water partition coefficient (Wildman–Crippen LogP) is 14.9. The molecule has 0 aliphatic heterocycles. The van der Waals surface area contributed by atoms with E-state index < -0.39 is 0 Å². The molecule has 9 aromatic carbocycles. The van der Waals surface area contributed by atoms with Gasteiger partial charge in [-0.3, -0.25) is 4.57 Å². The van der Waals surface area contributed by atoms with E-state index in [0.29, 0.717) is 17.6 Å². The number of benzene rings is 9. The van der Waals surface area contributed by atoms with Crippen LogP contribution in [0, 0.1) is 0 Å². The summed E-state index contributed by atoms with van der Waals surface area (Å²) in [5.41, 5.74) is 12.4. The molecule has 64 heavy (non-hydrogen) atoms. The molecule has 0 radical (unpaired) electrons. The minimum Gasteiger partial charge on any atom is -0.456 e. The number of aromatic nitrogens is 5. The summed E-state index contributed by atoms with van der Waals surface area (Å²) in [5, 5.41) is 8.54. The summed E-state index contributed by atoms with van der Waals surface area (Å²) in [6.45, 7) is 0. The average molecular weight is 820 g/mol. The zero-order chi connectivity index (χ0) is 41.9. The number of hydrogen-bond acceptors (Lipinski definition) is 5. The van der Waals surface area contributed by atoms with Crippen LogP contribution >= 0.6 is 0 Å². The molecule has 7 nitrogen and oxygen atoms in total. The molecule has 0 amide bonds. The molecule has 14 rings (SSSR count). The molecule has 0 aliphatic rings. The van der Waals surface area contributed by atoms with Crippen molar-refractivity contribution in [1.82, 2.24) is 24.1 Å². The van der Waals surface area contributed by atoms with Crippen molar-refractivity contribution in [2.24, 2.45) is 0 Å². The van der Waals surface area contributed by atoms with Gasteiger partial charge < -0.3 is 13.4 Å². The van der Waals surface area contributed by atoms with Crippen molar-refractivity contribution >= 4 is 87.5 Å². The van der Waals surface area contributed by atoms with E-state index in [1.807, 2.05) is 54.6 Å². The maximum Gasteiger partial charge on any atom is 0.238 e. The van der Waals surface area contributed by atoms with Crippen molar-refractivity contribution in [2.45, 2.75) is 0 Å². The molecular formula is C57H33N5O2. The van der Waals surface area contributed by atoms with Gasteiger partial charge >= 0.3 is 0 Å². The van der Waals surface area contributed by atoms with Gasteiger partial charge in [0, 0.05) is 48.8 Å². The molecule has 0 saturated carbocycles. The lowest BCUT2D eigenvalue weighted by Crippen LogP contribution is -2.07. The summed E-state index contributed by atoms with van der Waals surface area (Å²) >= 11 is 0. The largest absolute Gasteiger partial charge is 0.456 e. The van der Waals surface area contributed by atoms with Gasteiger partial charge in [-0.05, 0) is 59.7 Å². The number of furan rings is 2. The van der Waals surface area contributed by atoms with Crippen molar-refractivity contribution in [3.8, 4) is 45.5 Å². The standard InChI is InChI=1S/C57H33N5O2/c1-3-15-34(16-4-1)36-29-30-42-50(33-36)64-49-28-14-25-46(52(42)49)61-44-23-10-7-19-37(44)39-31-32-40-38-20-8-11-24-45(38)62(54(40)53(39)61)57-59-55(35-17-5-2-6-18-35)58-56(60-57)43-22-13-27-48-51(43)41-21-9-12-26-47(41)63-48/h1-33H. The Labute approximate surface area is 364 Å². The molecule has 0 fully saturated rings. The number of para-hydroxylation sites is 3. The molecule has 0 unspecified atom stereocenters. The second-order valence-electron chi connectivity index (χ2n) is 16.3. The molecule has 0 bridgehead atoms. The van der Waals surface area contributed by atoms with E-state index in [0.717, 1.165) is 115 Å². The van der Waals surface area contributed by atoms with E-state index in [9.17, 15) is 0 Å². The second kappa shape index (κ2) is 13.3. The molecule has 5 heterocycles. The van der Waals surface area contributed by atoms with Gasteiger partial charge in [0.05, 0.1) is 33.1 Å². The summed E-state index contributed by atoms with van der Waals surface area (Å²) < 4.78 is 17.8. The Bertz CT molecular complexity index is 4200. The quantitative estimate of drug-likeness (QED) is 0.173. The Hall–Kier alpha value is -8.81. The lowest BCUT2D eigenvalue weighted by atomic mass is 10.0. The van der Waals surface area contributed by atoms with Gasteiger partial charge in [-0.25, -0.2) is 4.98 Å². The van der Waals surface area contributed by atoms with Gasteiger partial charge in [0.2, 0.25) is 5.95 Å². The van der Waals surface area contributed by atoms with Crippen LogP contribution in [0.3, 0.4) is 0 Å². The monoisotopic (exact) mass is 819 g/mol. The highest BCUT2D eigenvalue weighted by molar-refractivity contribution is 6.25. The molecular weight excluding hydrogens is 787 g/mol. The van der Waals surface area contributed by atoms with Crippen LogP contribution in [0.4, 0.5) is 0 Å². The third-order valence-electron chi connectivity index (χ3n) is 12.8. The first kappa shape index (κ1) is 34.9. The van der Waals surface area contributed by atoms with E-state index in [2.05, 4.69) is 155 Å². The fourth-order valence-electron chi connectivity index (χ4n) is 10.0. The van der Waals surface area contributed by atoms with Gasteiger partial charge in [-0.2, -0.15) is 9.97 Å². The predicted molar refractivity (Wildman–Crippen MR) is 259 cm³/mol. The zero-order valence-electron chi connectivity index (χ0n) is 34.1. The summed E-state index contributed by atoms with van der Waals surface area (Å²) in [4.78, 5) is 16.1. The Balaban J connectivity index is 1.11. The van der Waals surface area contributed by atoms with Gasteiger partial charge in [-0.1, -0.05) is 152 Å². The fraction of sp³-hybridized carbons (Fsp3) is 0. The third-order valence-corrected chi connectivity index (χ3v) is 12.8. The van der Waals surface area contributed by atoms with Gasteiger partial charge in [0.25, 0.3) is 0 Å². The summed E-state index contributed by atoms with van der Waals surface area (Å²) in [7, 11) is 0. The fourth-order valence-corrected chi connectivity index (χ4v) is 10.0. The van der Waals surface area contributed by atoms with Gasteiger partial charge in [-0.15, -0.1) is 0 Å². The van der Waals surface area contributed by atoms with E-state index >= 15 is 0 Å². The van der Waals surface area contributed by atoms with Crippen LogP contribution in [0.5, 0.6) is 0 Å². The Kier molecular flexibility index (Phi) is 7.27. The summed E-state index contributed by atoms with van der Waals surface area (Å²) in [6, 6.07) is 69.5. The lowest BCUT2D eigenvalue weighted by molar-refractivity contribution is 0.668. The van der Waals surface area contributed by atoms with Crippen molar-refractivity contribution in [1.29, 1.82) is 0 Å². The SMILES string of the molecule is c1ccc(-c2ccc3c(c2)oc2cccc(-n4c5ccccc5c5ccc6c7ccccc7n(-c7nc(-c8ccccc8)nc(-c8cccc9oc%10ccccc%10c89)n7)c6c54)c23)cc1. The van der Waals surface area contributed by atoms with Crippen molar-refractivity contribution in [2.75, 3.05) is 0 Å². The Morgan fingerprint density at radius 2 is 0.875 bits per heavy atom.